The lowest BCUT2D eigenvalue weighted by Gasteiger charge is -2.39. The van der Waals surface area contributed by atoms with E-state index in [1.54, 1.807) is 36.4 Å². The summed E-state index contributed by atoms with van der Waals surface area (Å²) in [5.74, 6) is -1.17. The molecule has 2 aromatic carbocycles. The van der Waals surface area contributed by atoms with Gasteiger partial charge >= 0.3 is 0 Å². The van der Waals surface area contributed by atoms with E-state index in [1.165, 1.54) is 11.0 Å². The minimum Gasteiger partial charge on any atom is -0.367 e. The molecule has 0 unspecified atom stereocenters. The van der Waals surface area contributed by atoms with Gasteiger partial charge in [0.25, 0.3) is 0 Å². The highest BCUT2D eigenvalue weighted by molar-refractivity contribution is 6.31. The summed E-state index contributed by atoms with van der Waals surface area (Å²) in [6.07, 6.45) is -0.149. The summed E-state index contributed by atoms with van der Waals surface area (Å²) in [6, 6.07) is 11.0. The van der Waals surface area contributed by atoms with Gasteiger partial charge in [-0.25, -0.2) is 4.39 Å². The Hall–Kier alpha value is -3.17. The molecule has 35 heavy (non-hydrogen) atoms. The monoisotopic (exact) mass is 501 g/mol. The fourth-order valence-electron chi connectivity index (χ4n) is 4.41. The lowest BCUT2D eigenvalue weighted by Crippen LogP contribution is -2.60. The third-order valence-electron chi connectivity index (χ3n) is 6.41. The smallest absolute Gasteiger partial charge is 0.243 e. The number of nitrogens with one attached hydrogen (secondary N) is 2. The van der Waals surface area contributed by atoms with Gasteiger partial charge in [0.2, 0.25) is 17.7 Å². The highest BCUT2D eigenvalue weighted by atomic mass is 35.5. The highest BCUT2D eigenvalue weighted by Crippen LogP contribution is 2.22. The molecular weight excluding hydrogens is 473 g/mol. The zero-order valence-corrected chi connectivity index (χ0v) is 20.4. The Labute approximate surface area is 209 Å². The molecule has 0 saturated carbocycles. The van der Waals surface area contributed by atoms with Gasteiger partial charge in [-0.3, -0.25) is 19.3 Å². The Kier molecular flexibility index (Phi) is 7.87. The average Bonchev–Trinajstić information content (AvgIpc) is 2.83. The van der Waals surface area contributed by atoms with Crippen molar-refractivity contribution in [3.63, 3.8) is 0 Å². The van der Waals surface area contributed by atoms with Gasteiger partial charge < -0.3 is 20.4 Å². The molecule has 2 aromatic rings. The van der Waals surface area contributed by atoms with Gasteiger partial charge in [-0.15, -0.1) is 0 Å². The molecule has 186 valence electrons. The van der Waals surface area contributed by atoms with Gasteiger partial charge in [-0.2, -0.15) is 0 Å². The predicted octanol–water partition coefficient (Wildman–Crippen LogP) is 2.27. The van der Waals surface area contributed by atoms with E-state index in [1.807, 2.05) is 16.7 Å². The van der Waals surface area contributed by atoms with E-state index in [2.05, 4.69) is 10.6 Å². The van der Waals surface area contributed by atoms with Crippen LogP contribution in [0.1, 0.15) is 12.0 Å². The van der Waals surface area contributed by atoms with E-state index in [4.69, 9.17) is 11.6 Å². The summed E-state index contributed by atoms with van der Waals surface area (Å²) >= 11 is 6.13. The number of hydrogen-bond acceptors (Lipinski definition) is 5. The van der Waals surface area contributed by atoms with E-state index in [9.17, 15) is 18.8 Å². The van der Waals surface area contributed by atoms with Crippen molar-refractivity contribution in [2.45, 2.75) is 19.4 Å². The summed E-state index contributed by atoms with van der Waals surface area (Å²) in [6.45, 7) is 5.08. The number of para-hydroxylation sites is 1. The Morgan fingerprint density at radius 3 is 2.57 bits per heavy atom. The predicted molar refractivity (Wildman–Crippen MR) is 133 cm³/mol. The quantitative estimate of drug-likeness (QED) is 0.634. The maximum atomic E-state index is 14.1. The Morgan fingerprint density at radius 1 is 1.11 bits per heavy atom. The fraction of sp³-hybridized carbons (Fsp3) is 0.400. The molecule has 0 bridgehead atoms. The van der Waals surface area contributed by atoms with Crippen LogP contribution in [0, 0.1) is 12.7 Å². The summed E-state index contributed by atoms with van der Waals surface area (Å²) in [4.78, 5) is 43.8. The number of rotatable bonds is 6. The van der Waals surface area contributed by atoms with Crippen LogP contribution in [0.3, 0.4) is 0 Å². The summed E-state index contributed by atoms with van der Waals surface area (Å²) in [5, 5.41) is 6.03. The van der Waals surface area contributed by atoms with Crippen LogP contribution in [0.15, 0.2) is 42.5 Å². The van der Waals surface area contributed by atoms with Gasteiger partial charge in [0.05, 0.1) is 18.7 Å². The number of aryl methyl sites for hydroxylation is 1. The van der Waals surface area contributed by atoms with Crippen molar-refractivity contribution in [2.75, 3.05) is 56.0 Å². The SMILES string of the molecule is Cc1ccc(NC(=O)C[C@@H]2C(=O)NCCN2C(=O)CN2CCN(c3ccccc3F)CC2)cc1Cl. The first-order chi connectivity index (χ1) is 16.8. The van der Waals surface area contributed by atoms with Gasteiger partial charge in [-0.1, -0.05) is 29.8 Å². The number of carbonyl (C=O) groups is 3. The maximum absolute atomic E-state index is 14.1. The first kappa shape index (κ1) is 24.9. The highest BCUT2D eigenvalue weighted by Gasteiger charge is 2.35. The molecule has 4 rings (SSSR count). The van der Waals surface area contributed by atoms with Crippen LogP contribution in [0.25, 0.3) is 0 Å². The van der Waals surface area contributed by atoms with Crippen LogP contribution in [0.4, 0.5) is 15.8 Å². The largest absolute Gasteiger partial charge is 0.367 e. The third-order valence-corrected chi connectivity index (χ3v) is 6.82. The van der Waals surface area contributed by atoms with Gasteiger partial charge in [0.1, 0.15) is 11.9 Å². The van der Waals surface area contributed by atoms with Crippen molar-refractivity contribution in [3.8, 4) is 0 Å². The Bertz CT molecular complexity index is 1110. The standard InChI is InChI=1S/C25H29ClFN5O3/c1-17-6-7-18(14-19(17)26)29-23(33)15-22-25(35)28-8-9-32(22)24(34)16-30-10-12-31(13-11-30)21-5-3-2-4-20(21)27/h2-7,14,22H,8-13,15-16H2,1H3,(H,28,35)(H,29,33)/t22-/m1/s1. The number of carbonyl (C=O) groups excluding carboxylic acids is 3. The van der Waals surface area contributed by atoms with Crippen molar-refractivity contribution in [1.82, 2.24) is 15.1 Å². The zero-order valence-electron chi connectivity index (χ0n) is 19.6. The molecule has 0 spiro atoms. The Balaban J connectivity index is 1.33. The molecule has 3 amide bonds. The molecule has 2 fully saturated rings. The van der Waals surface area contributed by atoms with Crippen LogP contribution in [0.2, 0.25) is 5.02 Å². The molecule has 2 N–H and O–H groups in total. The average molecular weight is 502 g/mol. The van der Waals surface area contributed by atoms with Crippen LogP contribution < -0.4 is 15.5 Å². The van der Waals surface area contributed by atoms with Crippen molar-refractivity contribution in [2.24, 2.45) is 0 Å². The van der Waals surface area contributed by atoms with Crippen LogP contribution >= 0.6 is 11.6 Å². The number of hydrogen-bond donors (Lipinski definition) is 2. The number of benzene rings is 2. The first-order valence-electron chi connectivity index (χ1n) is 11.7. The van der Waals surface area contributed by atoms with E-state index in [0.717, 1.165) is 5.56 Å². The minimum atomic E-state index is -0.878. The molecule has 10 heteroatoms. The summed E-state index contributed by atoms with van der Waals surface area (Å²) in [7, 11) is 0. The molecule has 1 atom stereocenters. The maximum Gasteiger partial charge on any atom is 0.243 e. The van der Waals surface area contributed by atoms with Crippen molar-refractivity contribution >= 4 is 40.7 Å². The van der Waals surface area contributed by atoms with Gasteiger partial charge in [0.15, 0.2) is 0 Å². The molecule has 0 radical (unpaired) electrons. The first-order valence-corrected chi connectivity index (χ1v) is 12.0. The van der Waals surface area contributed by atoms with Crippen LogP contribution in [-0.2, 0) is 14.4 Å². The molecule has 2 heterocycles. The fourth-order valence-corrected chi connectivity index (χ4v) is 4.59. The molecule has 0 aliphatic carbocycles. The number of piperazine rings is 2. The second kappa shape index (κ2) is 11.0. The topological polar surface area (TPSA) is 85.0 Å². The lowest BCUT2D eigenvalue weighted by atomic mass is 10.1. The van der Waals surface area contributed by atoms with Crippen molar-refractivity contribution in [1.29, 1.82) is 0 Å². The number of anilines is 2. The molecule has 2 aliphatic rings. The van der Waals surface area contributed by atoms with E-state index in [-0.39, 0.29) is 36.5 Å². The number of amides is 3. The second-order valence-corrected chi connectivity index (χ2v) is 9.23. The number of nitrogens with zero attached hydrogens (tertiary/aromatic N) is 3. The van der Waals surface area contributed by atoms with E-state index in [0.29, 0.717) is 55.7 Å². The normalized spacial score (nSPS) is 18.8. The second-order valence-electron chi connectivity index (χ2n) is 8.82. The third kappa shape index (κ3) is 6.10. The summed E-state index contributed by atoms with van der Waals surface area (Å²) < 4.78 is 14.1. The van der Waals surface area contributed by atoms with Crippen LogP contribution in [0.5, 0.6) is 0 Å². The molecule has 8 nitrogen and oxygen atoms in total. The molecular formula is C25H29ClFN5O3. The Morgan fingerprint density at radius 2 is 1.86 bits per heavy atom. The number of halogens is 2. The van der Waals surface area contributed by atoms with Crippen molar-refractivity contribution < 1.29 is 18.8 Å². The van der Waals surface area contributed by atoms with Gasteiger partial charge in [0, 0.05) is 50.0 Å². The molecule has 0 aromatic heterocycles. The van der Waals surface area contributed by atoms with E-state index < -0.39 is 6.04 Å². The minimum absolute atomic E-state index is 0.143. The van der Waals surface area contributed by atoms with Gasteiger partial charge in [-0.05, 0) is 36.8 Å². The summed E-state index contributed by atoms with van der Waals surface area (Å²) in [5.41, 5.74) is 1.99. The van der Waals surface area contributed by atoms with Crippen LogP contribution in [-0.4, -0.2) is 79.4 Å². The zero-order chi connectivity index (χ0) is 24.9. The van der Waals surface area contributed by atoms with Crippen molar-refractivity contribution in [3.05, 3.63) is 58.9 Å². The lowest BCUT2D eigenvalue weighted by molar-refractivity contribution is -0.145. The van der Waals surface area contributed by atoms with E-state index >= 15 is 0 Å². The molecule has 2 saturated heterocycles. The molecule has 2 aliphatic heterocycles.